The normalized spacial score (nSPS) is 11.2. The van der Waals surface area contributed by atoms with Crippen molar-refractivity contribution < 1.29 is 32.3 Å². The molecule has 216 valence electrons. The van der Waals surface area contributed by atoms with Crippen LogP contribution in [-0.2, 0) is 10.9 Å². The third-order valence-electron chi connectivity index (χ3n) is 6.55. The molecule has 5 aromatic rings. The van der Waals surface area contributed by atoms with E-state index < -0.39 is 29.5 Å². The van der Waals surface area contributed by atoms with E-state index in [-0.39, 0.29) is 28.6 Å². The minimum atomic E-state index is -4.66. The second kappa shape index (κ2) is 12.2. The number of aromatic nitrogens is 1. The van der Waals surface area contributed by atoms with Gasteiger partial charge in [0.05, 0.1) is 23.3 Å². The molecule has 0 fully saturated rings. The fraction of sp³-hybridized carbons (Fsp3) is 0.0909. The SMILES string of the molecule is CCOC(=O)c1ccc(NC(=O)Nc2cccc(-c3c(C(=O)c4ccccc4)cnc4c(C(F)(F)F)cccc34)c2)cc1. The first-order chi connectivity index (χ1) is 20.7. The molecule has 0 radical (unpaired) electrons. The number of carbonyl (C=O) groups excluding carboxylic acids is 3. The highest BCUT2D eigenvalue weighted by Crippen LogP contribution is 2.39. The van der Waals surface area contributed by atoms with E-state index in [2.05, 4.69) is 15.6 Å². The van der Waals surface area contributed by atoms with Crippen molar-refractivity contribution >= 4 is 40.1 Å². The van der Waals surface area contributed by atoms with Gasteiger partial charge in [-0.3, -0.25) is 9.78 Å². The highest BCUT2D eigenvalue weighted by Gasteiger charge is 2.34. The molecular formula is C33H24F3N3O4. The number of hydrogen-bond donors (Lipinski definition) is 2. The Bertz CT molecular complexity index is 1820. The Hall–Kier alpha value is -5.51. The number of nitrogens with one attached hydrogen (secondary N) is 2. The van der Waals surface area contributed by atoms with E-state index in [4.69, 9.17) is 4.74 Å². The molecule has 0 unspecified atom stereocenters. The van der Waals surface area contributed by atoms with E-state index in [1.54, 1.807) is 73.7 Å². The predicted octanol–water partition coefficient (Wildman–Crippen LogP) is 7.97. The number of ketones is 1. The van der Waals surface area contributed by atoms with Crippen LogP contribution >= 0.6 is 0 Å². The van der Waals surface area contributed by atoms with Crippen molar-refractivity contribution in [3.8, 4) is 11.1 Å². The van der Waals surface area contributed by atoms with E-state index >= 15 is 0 Å². The quantitative estimate of drug-likeness (QED) is 0.150. The van der Waals surface area contributed by atoms with Crippen molar-refractivity contribution in [1.82, 2.24) is 4.98 Å². The van der Waals surface area contributed by atoms with E-state index in [1.807, 2.05) is 0 Å². The van der Waals surface area contributed by atoms with Crippen LogP contribution < -0.4 is 10.6 Å². The Balaban J connectivity index is 1.51. The number of pyridine rings is 1. The summed E-state index contributed by atoms with van der Waals surface area (Å²) in [5.74, 6) is -0.892. The van der Waals surface area contributed by atoms with Gasteiger partial charge >= 0.3 is 18.2 Å². The maximum absolute atomic E-state index is 13.9. The maximum Gasteiger partial charge on any atom is 0.418 e. The number of esters is 1. The lowest BCUT2D eigenvalue weighted by Crippen LogP contribution is -2.19. The van der Waals surface area contributed by atoms with Gasteiger partial charge in [-0.2, -0.15) is 13.2 Å². The molecule has 0 aliphatic rings. The first-order valence-corrected chi connectivity index (χ1v) is 13.2. The van der Waals surface area contributed by atoms with Gasteiger partial charge in [0.15, 0.2) is 5.78 Å². The third kappa shape index (κ3) is 6.38. The number of anilines is 2. The number of halogens is 3. The summed E-state index contributed by atoms with van der Waals surface area (Å²) in [6.45, 7) is 1.94. The molecule has 0 aliphatic heterocycles. The Morgan fingerprint density at radius 1 is 0.791 bits per heavy atom. The summed E-state index contributed by atoms with van der Waals surface area (Å²) in [4.78, 5) is 42.3. The van der Waals surface area contributed by atoms with Gasteiger partial charge < -0.3 is 15.4 Å². The van der Waals surface area contributed by atoms with Crippen LogP contribution in [0.4, 0.5) is 29.3 Å². The van der Waals surface area contributed by atoms with Gasteiger partial charge in [-0.25, -0.2) is 9.59 Å². The average molecular weight is 584 g/mol. The summed E-state index contributed by atoms with van der Waals surface area (Å²) in [5, 5.41) is 5.50. The van der Waals surface area contributed by atoms with Crippen molar-refractivity contribution in [3.63, 3.8) is 0 Å². The fourth-order valence-electron chi connectivity index (χ4n) is 4.63. The smallest absolute Gasteiger partial charge is 0.418 e. The molecule has 0 spiro atoms. The van der Waals surface area contributed by atoms with Crippen molar-refractivity contribution in [2.75, 3.05) is 17.2 Å². The van der Waals surface area contributed by atoms with E-state index in [1.165, 1.54) is 24.3 Å². The first-order valence-electron chi connectivity index (χ1n) is 13.2. The van der Waals surface area contributed by atoms with Crippen LogP contribution in [0.2, 0.25) is 0 Å². The number of nitrogens with zero attached hydrogens (tertiary/aromatic N) is 1. The number of alkyl halides is 3. The number of rotatable bonds is 7. The summed E-state index contributed by atoms with van der Waals surface area (Å²) >= 11 is 0. The molecule has 2 N–H and O–H groups in total. The molecule has 0 bridgehead atoms. The number of carbonyl (C=O) groups is 3. The van der Waals surface area contributed by atoms with Gasteiger partial charge in [-0.05, 0) is 55.0 Å². The first kappa shape index (κ1) is 29.0. The fourth-order valence-corrected chi connectivity index (χ4v) is 4.63. The van der Waals surface area contributed by atoms with E-state index in [0.29, 0.717) is 28.1 Å². The Morgan fingerprint density at radius 3 is 2.19 bits per heavy atom. The topological polar surface area (TPSA) is 97.4 Å². The van der Waals surface area contributed by atoms with Crippen LogP contribution in [0.5, 0.6) is 0 Å². The molecule has 0 saturated carbocycles. The van der Waals surface area contributed by atoms with Crippen LogP contribution in [0, 0.1) is 0 Å². The molecule has 0 saturated heterocycles. The maximum atomic E-state index is 13.9. The molecule has 1 aromatic heterocycles. The molecule has 10 heteroatoms. The standard InChI is InChI=1S/C33H24F3N3O4/c1-2-43-31(41)21-14-16-23(17-15-21)38-32(42)39-24-11-6-10-22(18-24)28-25-12-7-13-27(33(34,35)36)29(25)37-19-26(28)30(40)20-8-4-3-5-9-20/h3-19H,2H2,1H3,(H2,38,39,42). The molecule has 7 nitrogen and oxygen atoms in total. The van der Waals surface area contributed by atoms with E-state index in [0.717, 1.165) is 12.3 Å². The van der Waals surface area contributed by atoms with Crippen molar-refractivity contribution in [2.45, 2.75) is 13.1 Å². The van der Waals surface area contributed by atoms with Gasteiger partial charge in [-0.1, -0.05) is 54.6 Å². The zero-order chi connectivity index (χ0) is 30.6. The van der Waals surface area contributed by atoms with Gasteiger partial charge in [0, 0.05) is 39.6 Å². The summed E-state index contributed by atoms with van der Waals surface area (Å²) in [6.07, 6.45) is -3.50. The third-order valence-corrected chi connectivity index (χ3v) is 6.55. The zero-order valence-corrected chi connectivity index (χ0v) is 22.7. The lowest BCUT2D eigenvalue weighted by atomic mass is 9.91. The largest absolute Gasteiger partial charge is 0.462 e. The number of fused-ring (bicyclic) bond motifs is 1. The van der Waals surface area contributed by atoms with Crippen LogP contribution in [0.1, 0.15) is 38.8 Å². The van der Waals surface area contributed by atoms with Gasteiger partial charge in [0.25, 0.3) is 0 Å². The van der Waals surface area contributed by atoms with Crippen molar-refractivity contribution in [1.29, 1.82) is 0 Å². The van der Waals surface area contributed by atoms with Gasteiger partial charge in [0.2, 0.25) is 0 Å². The van der Waals surface area contributed by atoms with Crippen molar-refractivity contribution in [2.24, 2.45) is 0 Å². The minimum absolute atomic E-state index is 0.112. The highest BCUT2D eigenvalue weighted by atomic mass is 19.4. The summed E-state index contributed by atoms with van der Waals surface area (Å²) in [6, 6.07) is 24.0. The molecule has 1 heterocycles. The second-order valence-electron chi connectivity index (χ2n) is 9.40. The molecule has 5 rings (SSSR count). The highest BCUT2D eigenvalue weighted by molar-refractivity contribution is 6.17. The zero-order valence-electron chi connectivity index (χ0n) is 22.7. The van der Waals surface area contributed by atoms with Crippen LogP contribution in [0.3, 0.4) is 0 Å². The van der Waals surface area contributed by atoms with Crippen LogP contribution in [0.25, 0.3) is 22.0 Å². The Morgan fingerprint density at radius 2 is 1.49 bits per heavy atom. The number of ether oxygens (including phenoxy) is 1. The van der Waals surface area contributed by atoms with Crippen LogP contribution in [0.15, 0.2) is 103 Å². The molecule has 2 amide bonds. The van der Waals surface area contributed by atoms with Gasteiger partial charge in [-0.15, -0.1) is 0 Å². The Labute approximate surface area is 244 Å². The Kier molecular flexibility index (Phi) is 8.20. The lowest BCUT2D eigenvalue weighted by Gasteiger charge is -2.16. The van der Waals surface area contributed by atoms with E-state index in [9.17, 15) is 27.6 Å². The minimum Gasteiger partial charge on any atom is -0.462 e. The number of para-hydroxylation sites is 1. The van der Waals surface area contributed by atoms with Crippen molar-refractivity contribution in [3.05, 3.63) is 126 Å². The predicted molar refractivity (Wildman–Crippen MR) is 157 cm³/mol. The summed E-state index contributed by atoms with van der Waals surface area (Å²) in [5.41, 5.74) is 0.974. The molecular weight excluding hydrogens is 559 g/mol. The average Bonchev–Trinajstić information content (AvgIpc) is 3.00. The molecule has 0 atom stereocenters. The van der Waals surface area contributed by atoms with Crippen LogP contribution in [-0.4, -0.2) is 29.4 Å². The second-order valence-corrected chi connectivity index (χ2v) is 9.40. The molecule has 43 heavy (non-hydrogen) atoms. The summed E-state index contributed by atoms with van der Waals surface area (Å²) in [7, 11) is 0. The number of amides is 2. The molecule has 0 aliphatic carbocycles. The number of benzene rings is 4. The summed E-state index contributed by atoms with van der Waals surface area (Å²) < 4.78 is 46.6. The van der Waals surface area contributed by atoms with Gasteiger partial charge in [0.1, 0.15) is 0 Å². The number of urea groups is 1. The number of hydrogen-bond acceptors (Lipinski definition) is 5. The lowest BCUT2D eigenvalue weighted by molar-refractivity contribution is -0.136. The molecule has 4 aromatic carbocycles. The monoisotopic (exact) mass is 583 g/mol.